The highest BCUT2D eigenvalue weighted by Crippen LogP contribution is 2.36. The van der Waals surface area contributed by atoms with E-state index >= 15 is 0 Å². The van der Waals surface area contributed by atoms with Crippen molar-refractivity contribution in [2.75, 3.05) is 18.7 Å². The summed E-state index contributed by atoms with van der Waals surface area (Å²) >= 11 is 6.13. The zero-order valence-corrected chi connectivity index (χ0v) is 13.8. The highest BCUT2D eigenvalue weighted by molar-refractivity contribution is 6.33. The molecule has 2 aromatic rings. The van der Waals surface area contributed by atoms with Crippen LogP contribution in [0.15, 0.2) is 41.5 Å². The van der Waals surface area contributed by atoms with Crippen LogP contribution in [-0.4, -0.2) is 25.5 Å². The summed E-state index contributed by atoms with van der Waals surface area (Å²) in [5, 5.41) is 7.41. The fourth-order valence-electron chi connectivity index (χ4n) is 2.18. The maximum atomic E-state index is 11.8. The average Bonchev–Trinajstić information content (AvgIpc) is 3.00. The van der Waals surface area contributed by atoms with E-state index in [1.807, 2.05) is 31.2 Å². The molecule has 1 heterocycles. The quantitative estimate of drug-likeness (QED) is 0.645. The van der Waals surface area contributed by atoms with E-state index in [2.05, 4.69) is 15.8 Å². The number of aryl methyl sites for hydroxylation is 1. The molecule has 2 aromatic carbocycles. The normalized spacial score (nSPS) is 12.4. The summed E-state index contributed by atoms with van der Waals surface area (Å²) in [7, 11) is 0. The number of hydrogen-bond acceptors (Lipinski definition) is 5. The molecule has 0 fully saturated rings. The summed E-state index contributed by atoms with van der Waals surface area (Å²) in [6.45, 7) is 2.29. The van der Waals surface area contributed by atoms with Gasteiger partial charge in [0.2, 0.25) is 6.79 Å². The molecular formula is C17H16ClN3O3. The molecule has 0 saturated heterocycles. The Morgan fingerprint density at radius 1 is 1.29 bits per heavy atom. The Morgan fingerprint density at radius 2 is 2.08 bits per heavy atom. The van der Waals surface area contributed by atoms with Crippen LogP contribution in [0.4, 0.5) is 5.69 Å². The summed E-state index contributed by atoms with van der Waals surface area (Å²) in [5.41, 5.74) is 5.08. The largest absolute Gasteiger partial charge is 0.454 e. The van der Waals surface area contributed by atoms with Gasteiger partial charge in [0.1, 0.15) is 0 Å². The first kappa shape index (κ1) is 16.1. The number of ether oxygens (including phenoxy) is 2. The lowest BCUT2D eigenvalue weighted by molar-refractivity contribution is -0.119. The third-order valence-electron chi connectivity index (χ3n) is 3.36. The number of halogens is 1. The van der Waals surface area contributed by atoms with E-state index < -0.39 is 0 Å². The lowest BCUT2D eigenvalue weighted by Gasteiger charge is -2.06. The van der Waals surface area contributed by atoms with Crippen molar-refractivity contribution in [2.45, 2.75) is 6.92 Å². The lowest BCUT2D eigenvalue weighted by Crippen LogP contribution is -2.25. The first-order chi connectivity index (χ1) is 11.6. The molecule has 1 aliphatic rings. The molecule has 1 aliphatic heterocycles. The predicted molar refractivity (Wildman–Crippen MR) is 93.0 cm³/mol. The van der Waals surface area contributed by atoms with E-state index in [9.17, 15) is 4.79 Å². The highest BCUT2D eigenvalue weighted by Gasteiger charge is 2.15. The van der Waals surface area contributed by atoms with Crippen LogP contribution in [0.1, 0.15) is 11.1 Å². The van der Waals surface area contributed by atoms with Crippen LogP contribution < -0.4 is 20.2 Å². The molecule has 7 heteroatoms. The number of hydrazone groups is 1. The SMILES string of the molecule is Cc1cccc(NCC(=O)NN=Cc2cc3c(cc2Cl)OCO3)c1. The zero-order chi connectivity index (χ0) is 16.9. The molecule has 3 rings (SSSR count). The maximum absolute atomic E-state index is 11.8. The average molecular weight is 346 g/mol. The Labute approximate surface area is 144 Å². The third-order valence-corrected chi connectivity index (χ3v) is 3.68. The van der Waals surface area contributed by atoms with Crippen molar-refractivity contribution in [3.8, 4) is 11.5 Å². The second kappa shape index (κ2) is 7.23. The van der Waals surface area contributed by atoms with Gasteiger partial charge in [0.05, 0.1) is 17.8 Å². The van der Waals surface area contributed by atoms with Crippen LogP contribution in [0.25, 0.3) is 0 Å². The number of nitrogens with zero attached hydrogens (tertiary/aromatic N) is 1. The Balaban J connectivity index is 1.53. The van der Waals surface area contributed by atoms with Crippen molar-refractivity contribution >= 4 is 29.4 Å². The molecular weight excluding hydrogens is 330 g/mol. The molecule has 0 bridgehead atoms. The van der Waals surface area contributed by atoms with Crippen LogP contribution in [0.5, 0.6) is 11.5 Å². The Morgan fingerprint density at radius 3 is 2.88 bits per heavy atom. The van der Waals surface area contributed by atoms with Crippen molar-refractivity contribution in [1.82, 2.24) is 5.43 Å². The Hall–Kier alpha value is -2.73. The Bertz CT molecular complexity index is 793. The number of carbonyl (C=O) groups is 1. The minimum atomic E-state index is -0.260. The summed E-state index contributed by atoms with van der Waals surface area (Å²) < 4.78 is 10.5. The molecule has 0 spiro atoms. The van der Waals surface area contributed by atoms with Gasteiger partial charge in [0.25, 0.3) is 5.91 Å². The molecule has 124 valence electrons. The number of carbonyl (C=O) groups excluding carboxylic acids is 1. The first-order valence-corrected chi connectivity index (χ1v) is 7.71. The van der Waals surface area contributed by atoms with Crippen LogP contribution >= 0.6 is 11.6 Å². The van der Waals surface area contributed by atoms with Crippen LogP contribution in [0.2, 0.25) is 5.02 Å². The van der Waals surface area contributed by atoms with Gasteiger partial charge in [-0.2, -0.15) is 5.10 Å². The summed E-state index contributed by atoms with van der Waals surface area (Å²) in [5.74, 6) is 0.946. The molecule has 0 saturated carbocycles. The van der Waals surface area contributed by atoms with E-state index in [1.165, 1.54) is 6.21 Å². The molecule has 0 unspecified atom stereocenters. The molecule has 2 N–H and O–H groups in total. The van der Waals surface area contributed by atoms with E-state index in [1.54, 1.807) is 12.1 Å². The highest BCUT2D eigenvalue weighted by atomic mass is 35.5. The fraction of sp³-hybridized carbons (Fsp3) is 0.176. The van der Waals surface area contributed by atoms with Crippen LogP contribution in [0.3, 0.4) is 0 Å². The summed E-state index contributed by atoms with van der Waals surface area (Å²) in [4.78, 5) is 11.8. The monoisotopic (exact) mass is 345 g/mol. The fourth-order valence-corrected chi connectivity index (χ4v) is 2.38. The summed E-state index contributed by atoms with van der Waals surface area (Å²) in [6.07, 6.45) is 1.47. The molecule has 0 atom stereocenters. The van der Waals surface area contributed by atoms with Gasteiger partial charge in [-0.25, -0.2) is 5.43 Å². The van der Waals surface area contributed by atoms with Gasteiger partial charge in [-0.05, 0) is 30.7 Å². The van der Waals surface area contributed by atoms with Gasteiger partial charge in [-0.3, -0.25) is 4.79 Å². The van der Waals surface area contributed by atoms with Gasteiger partial charge in [-0.1, -0.05) is 23.7 Å². The minimum Gasteiger partial charge on any atom is -0.454 e. The Kier molecular flexibility index (Phi) is 4.86. The number of benzene rings is 2. The van der Waals surface area contributed by atoms with E-state index in [-0.39, 0.29) is 19.2 Å². The van der Waals surface area contributed by atoms with Crippen LogP contribution in [-0.2, 0) is 4.79 Å². The molecule has 0 radical (unpaired) electrons. The topological polar surface area (TPSA) is 72.0 Å². The molecule has 6 nitrogen and oxygen atoms in total. The van der Waals surface area contributed by atoms with Crippen molar-refractivity contribution < 1.29 is 14.3 Å². The van der Waals surface area contributed by atoms with Gasteiger partial charge in [0, 0.05) is 17.3 Å². The van der Waals surface area contributed by atoms with E-state index in [4.69, 9.17) is 21.1 Å². The predicted octanol–water partition coefficient (Wildman–Crippen LogP) is 2.94. The molecule has 1 amide bonds. The summed E-state index contributed by atoms with van der Waals surface area (Å²) in [6, 6.07) is 11.1. The van der Waals surface area contributed by atoms with E-state index in [0.717, 1.165) is 11.3 Å². The molecule has 24 heavy (non-hydrogen) atoms. The second-order valence-electron chi connectivity index (χ2n) is 5.24. The number of rotatable bonds is 5. The van der Waals surface area contributed by atoms with Gasteiger partial charge in [-0.15, -0.1) is 0 Å². The van der Waals surface area contributed by atoms with Crippen LogP contribution in [0, 0.1) is 6.92 Å². The first-order valence-electron chi connectivity index (χ1n) is 7.33. The second-order valence-corrected chi connectivity index (χ2v) is 5.65. The van der Waals surface area contributed by atoms with Gasteiger partial charge >= 0.3 is 0 Å². The number of hydrogen-bond donors (Lipinski definition) is 2. The van der Waals surface area contributed by atoms with Gasteiger partial charge in [0.15, 0.2) is 11.5 Å². The number of nitrogens with one attached hydrogen (secondary N) is 2. The molecule has 0 aromatic heterocycles. The van der Waals surface area contributed by atoms with Crippen molar-refractivity contribution in [3.05, 3.63) is 52.5 Å². The van der Waals surface area contributed by atoms with Crippen molar-refractivity contribution in [2.24, 2.45) is 5.10 Å². The number of fused-ring (bicyclic) bond motifs is 1. The molecule has 0 aliphatic carbocycles. The maximum Gasteiger partial charge on any atom is 0.259 e. The van der Waals surface area contributed by atoms with Crippen molar-refractivity contribution in [3.63, 3.8) is 0 Å². The third kappa shape index (κ3) is 3.97. The lowest BCUT2D eigenvalue weighted by atomic mass is 10.2. The smallest absolute Gasteiger partial charge is 0.259 e. The van der Waals surface area contributed by atoms with Crippen molar-refractivity contribution in [1.29, 1.82) is 0 Å². The standard InChI is InChI=1S/C17H16ClN3O3/c1-11-3-2-4-13(5-11)19-9-17(22)21-20-8-12-6-15-16(7-14(12)18)24-10-23-15/h2-8,19H,9-10H2,1H3,(H,21,22). The number of amides is 1. The van der Waals surface area contributed by atoms with Gasteiger partial charge < -0.3 is 14.8 Å². The van der Waals surface area contributed by atoms with E-state index in [0.29, 0.717) is 22.1 Å². The number of anilines is 1. The zero-order valence-electron chi connectivity index (χ0n) is 13.0. The minimum absolute atomic E-state index is 0.121.